The van der Waals surface area contributed by atoms with Crippen molar-refractivity contribution in [2.24, 2.45) is 5.10 Å². The van der Waals surface area contributed by atoms with Crippen molar-refractivity contribution < 1.29 is 13.6 Å². The third-order valence-electron chi connectivity index (χ3n) is 5.84. The minimum atomic E-state index is -0.389. The summed E-state index contributed by atoms with van der Waals surface area (Å²) in [5, 5.41) is 6.57. The predicted molar refractivity (Wildman–Crippen MR) is 114 cm³/mol. The monoisotopic (exact) mass is 434 g/mol. The van der Waals surface area contributed by atoms with Gasteiger partial charge in [-0.3, -0.25) is 14.2 Å². The van der Waals surface area contributed by atoms with E-state index in [0.717, 1.165) is 29.7 Å². The van der Waals surface area contributed by atoms with Crippen molar-refractivity contribution >= 4 is 33.2 Å². The van der Waals surface area contributed by atoms with Gasteiger partial charge in [-0.15, -0.1) is 11.3 Å². The van der Waals surface area contributed by atoms with Gasteiger partial charge in [0, 0.05) is 11.3 Å². The number of aryl methyl sites for hydroxylation is 2. The van der Waals surface area contributed by atoms with E-state index in [0.29, 0.717) is 29.0 Å². The largest absolute Gasteiger partial charge is 0.467 e. The fourth-order valence-electron chi connectivity index (χ4n) is 4.38. The Labute approximate surface area is 180 Å². The fraction of sp³-hybridized carbons (Fsp3) is 0.273. The van der Waals surface area contributed by atoms with E-state index >= 15 is 0 Å². The van der Waals surface area contributed by atoms with Crippen LogP contribution >= 0.6 is 11.3 Å². The summed E-state index contributed by atoms with van der Waals surface area (Å²) in [6.45, 7) is -0.140. The summed E-state index contributed by atoms with van der Waals surface area (Å²) < 4.78 is 12.4. The third-order valence-corrected chi connectivity index (χ3v) is 7.04. The van der Waals surface area contributed by atoms with Gasteiger partial charge in [0.1, 0.15) is 34.6 Å². The van der Waals surface area contributed by atoms with Crippen LogP contribution < -0.4 is 5.56 Å². The van der Waals surface area contributed by atoms with Gasteiger partial charge in [0.15, 0.2) is 0 Å². The Balaban J connectivity index is 1.35. The molecule has 0 N–H and O–H groups in total. The Bertz CT molecular complexity index is 1360. The summed E-state index contributed by atoms with van der Waals surface area (Å²) in [5.74, 6) is 0.939. The molecule has 1 aliphatic carbocycles. The zero-order valence-electron chi connectivity index (χ0n) is 16.5. The van der Waals surface area contributed by atoms with Crippen LogP contribution in [0.25, 0.3) is 10.2 Å². The molecular weight excluding hydrogens is 416 g/mol. The highest BCUT2D eigenvalue weighted by atomic mass is 32.1. The maximum Gasteiger partial charge on any atom is 0.263 e. The number of furan rings is 2. The number of amides is 1. The minimum Gasteiger partial charge on any atom is -0.467 e. The van der Waals surface area contributed by atoms with Crippen molar-refractivity contribution in [1.82, 2.24) is 14.6 Å². The molecule has 1 aliphatic heterocycles. The molecule has 0 unspecified atom stereocenters. The number of rotatable bonds is 4. The molecule has 0 spiro atoms. The molecular formula is C22H18N4O4S. The van der Waals surface area contributed by atoms with E-state index < -0.39 is 0 Å². The van der Waals surface area contributed by atoms with E-state index in [-0.39, 0.29) is 24.1 Å². The van der Waals surface area contributed by atoms with Crippen LogP contribution in [-0.4, -0.2) is 26.2 Å². The molecule has 8 nitrogen and oxygen atoms in total. The number of fused-ring (bicyclic) bond motifs is 3. The van der Waals surface area contributed by atoms with Crippen LogP contribution in [0.1, 0.15) is 40.8 Å². The molecule has 0 bridgehead atoms. The van der Waals surface area contributed by atoms with Gasteiger partial charge < -0.3 is 8.83 Å². The van der Waals surface area contributed by atoms with E-state index in [1.54, 1.807) is 36.0 Å². The maximum absolute atomic E-state index is 13.3. The first-order valence-electron chi connectivity index (χ1n) is 10.2. The van der Waals surface area contributed by atoms with Crippen molar-refractivity contribution in [1.29, 1.82) is 0 Å². The molecule has 4 aromatic heterocycles. The van der Waals surface area contributed by atoms with Crippen LogP contribution in [0.15, 0.2) is 61.8 Å². The lowest BCUT2D eigenvalue weighted by Crippen LogP contribution is -2.34. The summed E-state index contributed by atoms with van der Waals surface area (Å²) in [7, 11) is 0. The molecule has 4 aromatic rings. The highest BCUT2D eigenvalue weighted by molar-refractivity contribution is 7.18. The summed E-state index contributed by atoms with van der Waals surface area (Å²) in [6, 6.07) is 6.80. The smallest absolute Gasteiger partial charge is 0.263 e. The Morgan fingerprint density at radius 2 is 2.06 bits per heavy atom. The number of hydrogen-bond donors (Lipinski definition) is 0. The average molecular weight is 434 g/mol. The Morgan fingerprint density at radius 3 is 2.87 bits per heavy atom. The van der Waals surface area contributed by atoms with Gasteiger partial charge in [-0.05, 0) is 49.1 Å². The van der Waals surface area contributed by atoms with Gasteiger partial charge in [0.2, 0.25) is 0 Å². The zero-order chi connectivity index (χ0) is 20.9. The molecule has 31 heavy (non-hydrogen) atoms. The predicted octanol–water partition coefficient (Wildman–Crippen LogP) is 3.51. The number of aromatic nitrogens is 2. The zero-order valence-corrected chi connectivity index (χ0v) is 17.3. The van der Waals surface area contributed by atoms with Gasteiger partial charge >= 0.3 is 0 Å². The van der Waals surface area contributed by atoms with Crippen LogP contribution in [0, 0.1) is 0 Å². The molecule has 6 rings (SSSR count). The fourth-order valence-corrected chi connectivity index (χ4v) is 5.60. The molecule has 5 heterocycles. The molecule has 1 atom stereocenters. The second-order valence-corrected chi connectivity index (χ2v) is 8.80. The van der Waals surface area contributed by atoms with Crippen molar-refractivity contribution in [3.05, 3.63) is 75.4 Å². The first kappa shape index (κ1) is 18.3. The summed E-state index contributed by atoms with van der Waals surface area (Å²) in [6.07, 6.45) is 8.03. The topological polar surface area (TPSA) is 93.8 Å². The summed E-state index contributed by atoms with van der Waals surface area (Å²) in [4.78, 5) is 32.9. The Morgan fingerprint density at radius 1 is 1.19 bits per heavy atom. The second-order valence-electron chi connectivity index (χ2n) is 7.71. The van der Waals surface area contributed by atoms with Gasteiger partial charge in [-0.1, -0.05) is 0 Å². The van der Waals surface area contributed by atoms with Crippen LogP contribution in [0.3, 0.4) is 0 Å². The summed E-state index contributed by atoms with van der Waals surface area (Å²) in [5.41, 5.74) is 1.60. The van der Waals surface area contributed by atoms with Gasteiger partial charge in [0.05, 0.1) is 24.2 Å². The van der Waals surface area contributed by atoms with Crippen LogP contribution in [0.2, 0.25) is 0 Å². The molecule has 0 saturated heterocycles. The van der Waals surface area contributed by atoms with E-state index in [2.05, 4.69) is 10.1 Å². The molecule has 0 saturated carbocycles. The lowest BCUT2D eigenvalue weighted by molar-refractivity contribution is -0.134. The number of hydrazone groups is 1. The van der Waals surface area contributed by atoms with Crippen molar-refractivity contribution in [3.63, 3.8) is 0 Å². The molecule has 2 aliphatic rings. The number of hydrogen-bond acceptors (Lipinski definition) is 7. The highest BCUT2D eigenvalue weighted by Gasteiger charge is 2.36. The number of carbonyl (C=O) groups excluding carboxylic acids is 1. The number of thiophene rings is 1. The lowest BCUT2D eigenvalue weighted by atomic mass is 10.1. The average Bonchev–Trinajstić information content (AvgIpc) is 3.57. The minimum absolute atomic E-state index is 0.140. The molecule has 156 valence electrons. The van der Waals surface area contributed by atoms with Gasteiger partial charge in [-0.25, -0.2) is 9.99 Å². The summed E-state index contributed by atoms with van der Waals surface area (Å²) >= 11 is 1.59. The van der Waals surface area contributed by atoms with Gasteiger partial charge in [-0.2, -0.15) is 5.10 Å². The third kappa shape index (κ3) is 2.96. The molecule has 1 amide bonds. The van der Waals surface area contributed by atoms with Crippen molar-refractivity contribution in [3.8, 4) is 0 Å². The molecule has 0 radical (unpaired) electrons. The Kier molecular flexibility index (Phi) is 4.17. The van der Waals surface area contributed by atoms with Gasteiger partial charge in [0.25, 0.3) is 11.5 Å². The van der Waals surface area contributed by atoms with E-state index in [9.17, 15) is 9.59 Å². The SMILES string of the molecule is O=C(Cn1cnc2sc3c(c2c1=O)CCC3)N1N=C(c2ccco2)C[C@@H]1c1ccco1. The normalized spacial score (nSPS) is 18.0. The van der Waals surface area contributed by atoms with Crippen molar-refractivity contribution in [2.75, 3.05) is 0 Å². The van der Waals surface area contributed by atoms with E-state index in [1.165, 1.54) is 20.8 Å². The highest BCUT2D eigenvalue weighted by Crippen LogP contribution is 2.35. The number of nitrogens with zero attached hydrogens (tertiary/aromatic N) is 4. The van der Waals surface area contributed by atoms with Crippen LogP contribution in [0.4, 0.5) is 0 Å². The Hall–Kier alpha value is -3.46. The quantitative estimate of drug-likeness (QED) is 0.490. The standard InChI is InChI=1S/C22H18N4O4S/c27-19(11-25-12-23-21-20(22(25)28)13-4-1-7-18(13)31-21)26-15(17-6-3-9-30-17)10-14(24-26)16-5-2-8-29-16/h2-3,5-6,8-9,12,15H,1,4,7,10-11H2/t15-/m1/s1. The molecule has 9 heteroatoms. The first-order chi connectivity index (χ1) is 15.2. The maximum atomic E-state index is 13.3. The molecule has 0 aromatic carbocycles. The van der Waals surface area contributed by atoms with Crippen LogP contribution in [0.5, 0.6) is 0 Å². The molecule has 0 fully saturated rings. The number of carbonyl (C=O) groups is 1. The van der Waals surface area contributed by atoms with E-state index in [1.807, 2.05) is 12.1 Å². The van der Waals surface area contributed by atoms with E-state index in [4.69, 9.17) is 8.83 Å². The lowest BCUT2D eigenvalue weighted by Gasteiger charge is -2.20. The van der Waals surface area contributed by atoms with Crippen molar-refractivity contribution in [2.45, 2.75) is 38.3 Å². The second kappa shape index (κ2) is 7.05. The van der Waals surface area contributed by atoms with Crippen LogP contribution in [-0.2, 0) is 24.2 Å². The first-order valence-corrected chi connectivity index (χ1v) is 11.0.